The minimum absolute atomic E-state index is 0.150. The van der Waals surface area contributed by atoms with Gasteiger partial charge < -0.3 is 20.7 Å². The van der Waals surface area contributed by atoms with E-state index in [0.29, 0.717) is 0 Å². The molecule has 0 radical (unpaired) electrons. The molecule has 2 heterocycles. The van der Waals surface area contributed by atoms with E-state index < -0.39 is 42.3 Å². The first kappa shape index (κ1) is 14.2. The number of nitrogens with two attached hydrogens (primary N) is 1. The molecule has 0 amide bonds. The third kappa shape index (κ3) is 2.72. The molecule has 1 fully saturated rings. The van der Waals surface area contributed by atoms with E-state index >= 15 is 0 Å². The van der Waals surface area contributed by atoms with Crippen LogP contribution in [0.1, 0.15) is 12.6 Å². The molecular formula is C10H14ClN3O5. The highest BCUT2D eigenvalue weighted by Gasteiger charge is 2.38. The normalized spacial score (nSPS) is 28.5. The summed E-state index contributed by atoms with van der Waals surface area (Å²) in [6, 6.07) is -0.537. The van der Waals surface area contributed by atoms with Crippen LogP contribution in [0.25, 0.3) is 0 Å². The maximum Gasteiger partial charge on any atom is 0.330 e. The predicted octanol–water partition coefficient (Wildman–Crippen LogP) is -1.84. The molecule has 1 saturated heterocycles. The second kappa shape index (κ2) is 5.43. The van der Waals surface area contributed by atoms with Gasteiger partial charge in [0, 0.05) is 18.7 Å². The smallest absolute Gasteiger partial charge is 0.330 e. The number of aromatic nitrogens is 2. The van der Waals surface area contributed by atoms with E-state index in [4.69, 9.17) is 27.2 Å². The largest absolute Gasteiger partial charge is 0.394 e. The van der Waals surface area contributed by atoms with Crippen molar-refractivity contribution < 1.29 is 14.9 Å². The molecule has 8 nitrogen and oxygen atoms in total. The van der Waals surface area contributed by atoms with Crippen molar-refractivity contribution in [2.75, 3.05) is 6.61 Å². The Hall–Kier alpha value is -1.19. The topological polar surface area (TPSA) is 131 Å². The molecule has 4 atom stereocenters. The highest BCUT2D eigenvalue weighted by molar-refractivity contribution is 6.30. The molecular weight excluding hydrogens is 278 g/mol. The quantitative estimate of drug-likeness (QED) is 0.517. The molecule has 0 bridgehead atoms. The van der Waals surface area contributed by atoms with Crippen molar-refractivity contribution in [2.45, 2.75) is 30.9 Å². The Morgan fingerprint density at radius 2 is 2.32 bits per heavy atom. The summed E-state index contributed by atoms with van der Waals surface area (Å²) in [5, 5.41) is 18.3. The predicted molar refractivity (Wildman–Crippen MR) is 65.9 cm³/mol. The number of rotatable bonds is 3. The van der Waals surface area contributed by atoms with E-state index in [9.17, 15) is 14.7 Å². The molecule has 9 heteroatoms. The zero-order valence-corrected chi connectivity index (χ0v) is 10.6. The Morgan fingerprint density at radius 1 is 1.63 bits per heavy atom. The third-order valence-corrected chi connectivity index (χ3v) is 3.28. The first-order valence-electron chi connectivity index (χ1n) is 5.65. The van der Waals surface area contributed by atoms with Gasteiger partial charge in [-0.05, 0) is 0 Å². The van der Waals surface area contributed by atoms with E-state index in [1.165, 1.54) is 0 Å². The number of H-pyrrole nitrogens is 1. The summed E-state index contributed by atoms with van der Waals surface area (Å²) in [5.41, 5.74) is 4.43. The summed E-state index contributed by atoms with van der Waals surface area (Å²) in [6.07, 6.45) is -1.25. The van der Waals surface area contributed by atoms with Crippen molar-refractivity contribution in [3.8, 4) is 0 Å². The van der Waals surface area contributed by atoms with Crippen molar-refractivity contribution in [3.63, 3.8) is 0 Å². The molecule has 1 aromatic heterocycles. The molecule has 0 aliphatic carbocycles. The van der Waals surface area contributed by atoms with Crippen LogP contribution in [0.5, 0.6) is 0 Å². The third-order valence-electron chi connectivity index (χ3n) is 3.01. The lowest BCUT2D eigenvalue weighted by Gasteiger charge is -2.20. The van der Waals surface area contributed by atoms with E-state index in [1.54, 1.807) is 0 Å². The van der Waals surface area contributed by atoms with Crippen molar-refractivity contribution in [3.05, 3.63) is 32.1 Å². The minimum Gasteiger partial charge on any atom is -0.394 e. The number of nitrogens with zero attached hydrogens (tertiary/aromatic N) is 1. The molecule has 19 heavy (non-hydrogen) atoms. The molecule has 5 N–H and O–H groups in total. The second-order valence-electron chi connectivity index (χ2n) is 4.35. The zero-order valence-electron chi connectivity index (χ0n) is 9.82. The summed E-state index contributed by atoms with van der Waals surface area (Å²) in [6.45, 7) is -0.494. The number of ether oxygens (including phenoxy) is 1. The molecule has 0 unspecified atom stereocenters. The number of aliphatic hydroxyl groups excluding tert-OH is 2. The summed E-state index contributed by atoms with van der Waals surface area (Å²) in [4.78, 5) is 24.8. The van der Waals surface area contributed by atoms with Crippen LogP contribution in [0, 0.1) is 0 Å². The molecule has 0 spiro atoms. The Labute approximate surface area is 112 Å². The van der Waals surface area contributed by atoms with Gasteiger partial charge in [0.15, 0.2) is 0 Å². The number of aliphatic hydroxyl groups is 2. The maximum atomic E-state index is 11.6. The lowest BCUT2D eigenvalue weighted by molar-refractivity contribution is -0.0781. The number of halogens is 1. The van der Waals surface area contributed by atoms with Crippen LogP contribution in [0.3, 0.4) is 0 Å². The van der Waals surface area contributed by atoms with Crippen LogP contribution in [0.2, 0.25) is 5.02 Å². The van der Waals surface area contributed by atoms with Gasteiger partial charge in [-0.2, -0.15) is 0 Å². The van der Waals surface area contributed by atoms with Gasteiger partial charge in [-0.25, -0.2) is 4.79 Å². The molecule has 2 rings (SSSR count). The lowest BCUT2D eigenvalue weighted by atomic mass is 10.1. The Kier molecular flexibility index (Phi) is 4.07. The highest BCUT2D eigenvalue weighted by atomic mass is 35.5. The van der Waals surface area contributed by atoms with Gasteiger partial charge in [0.05, 0.1) is 6.61 Å². The van der Waals surface area contributed by atoms with Crippen LogP contribution >= 0.6 is 11.6 Å². The fourth-order valence-corrected chi connectivity index (χ4v) is 2.19. The number of nitrogens with one attached hydrogen (secondary N) is 1. The average Bonchev–Trinajstić information content (AvgIpc) is 2.75. The molecule has 0 saturated carbocycles. The van der Waals surface area contributed by atoms with Gasteiger partial charge >= 0.3 is 5.69 Å². The van der Waals surface area contributed by atoms with E-state index in [2.05, 4.69) is 0 Å². The maximum absolute atomic E-state index is 11.6. The molecule has 1 aliphatic heterocycles. The number of hydrogen-bond acceptors (Lipinski definition) is 6. The highest BCUT2D eigenvalue weighted by Crippen LogP contribution is 2.28. The monoisotopic (exact) mass is 291 g/mol. The van der Waals surface area contributed by atoms with Crippen LogP contribution in [0.15, 0.2) is 15.8 Å². The zero-order chi connectivity index (χ0) is 14.2. The lowest BCUT2D eigenvalue weighted by Crippen LogP contribution is -2.41. The van der Waals surface area contributed by atoms with E-state index in [1.807, 2.05) is 4.98 Å². The van der Waals surface area contributed by atoms with Crippen LogP contribution in [0.4, 0.5) is 0 Å². The molecule has 0 aromatic carbocycles. The molecule has 1 aliphatic rings. The van der Waals surface area contributed by atoms with Gasteiger partial charge in [-0.15, -0.1) is 0 Å². The molecule has 1 aromatic rings. The van der Waals surface area contributed by atoms with Gasteiger partial charge in [0.25, 0.3) is 5.56 Å². The van der Waals surface area contributed by atoms with Gasteiger partial charge in [0.2, 0.25) is 0 Å². The Bertz CT molecular complexity index is 571. The van der Waals surface area contributed by atoms with E-state index in [0.717, 1.165) is 10.8 Å². The summed E-state index contributed by atoms with van der Waals surface area (Å²) in [5.74, 6) is 0. The molecule has 106 valence electrons. The number of hydrogen-bond donors (Lipinski definition) is 4. The standard InChI is InChI=1S/C10H14ClN3O5/c11-4-2-14(10(18)13-9(4)17)7-1-5(12)8(19-7)6(16)3-15/h2,5-8,15-16H,1,3,12H2,(H,13,17,18)/t5-,6+,7+,8-/m0/s1. The first-order valence-corrected chi connectivity index (χ1v) is 6.02. The second-order valence-corrected chi connectivity index (χ2v) is 4.76. The summed E-state index contributed by atoms with van der Waals surface area (Å²) in [7, 11) is 0. The van der Waals surface area contributed by atoms with Crippen molar-refractivity contribution in [1.82, 2.24) is 9.55 Å². The average molecular weight is 292 g/mol. The summed E-state index contributed by atoms with van der Waals surface area (Å²) < 4.78 is 6.54. The van der Waals surface area contributed by atoms with Crippen LogP contribution in [-0.2, 0) is 4.74 Å². The van der Waals surface area contributed by atoms with Gasteiger partial charge in [-0.1, -0.05) is 11.6 Å². The Balaban J connectivity index is 2.28. The van der Waals surface area contributed by atoms with Gasteiger partial charge in [0.1, 0.15) is 23.5 Å². The fraction of sp³-hybridized carbons (Fsp3) is 0.600. The Morgan fingerprint density at radius 3 is 2.95 bits per heavy atom. The van der Waals surface area contributed by atoms with Crippen LogP contribution in [-0.4, -0.2) is 44.6 Å². The van der Waals surface area contributed by atoms with Gasteiger partial charge in [-0.3, -0.25) is 14.3 Å². The van der Waals surface area contributed by atoms with Crippen molar-refractivity contribution in [2.24, 2.45) is 5.73 Å². The minimum atomic E-state index is -1.13. The van der Waals surface area contributed by atoms with Crippen molar-refractivity contribution >= 4 is 11.6 Å². The fourth-order valence-electron chi connectivity index (χ4n) is 2.04. The van der Waals surface area contributed by atoms with Crippen LogP contribution < -0.4 is 17.0 Å². The van der Waals surface area contributed by atoms with Crippen molar-refractivity contribution in [1.29, 1.82) is 0 Å². The SMILES string of the molecule is N[C@H]1C[C@H](n2cc(Cl)c(=O)[nH]c2=O)O[C@@H]1[C@H](O)CO. The number of aromatic amines is 1. The first-order chi connectivity index (χ1) is 8.93. The summed E-state index contributed by atoms with van der Waals surface area (Å²) >= 11 is 5.65. The van der Waals surface area contributed by atoms with E-state index in [-0.39, 0.29) is 11.4 Å².